The minimum Gasteiger partial charge on any atom is -0.481 e. The zero-order chi connectivity index (χ0) is 24.8. The van der Waals surface area contributed by atoms with Crippen LogP contribution in [0.15, 0.2) is 48.5 Å². The Morgan fingerprint density at radius 1 is 1.00 bits per heavy atom. The minimum absolute atomic E-state index is 0.0680. The van der Waals surface area contributed by atoms with Gasteiger partial charge in [-0.05, 0) is 44.2 Å². The topological polar surface area (TPSA) is 94.9 Å². The van der Waals surface area contributed by atoms with Gasteiger partial charge >= 0.3 is 12.1 Å². The van der Waals surface area contributed by atoms with Crippen LogP contribution in [0.2, 0.25) is 0 Å². The zero-order valence-electron chi connectivity index (χ0n) is 19.5. The van der Waals surface area contributed by atoms with Gasteiger partial charge in [-0.1, -0.05) is 30.3 Å². The summed E-state index contributed by atoms with van der Waals surface area (Å²) in [6.45, 7) is 0.0680. The zero-order valence-corrected chi connectivity index (χ0v) is 19.5. The largest absolute Gasteiger partial charge is 0.521 e. The molecule has 2 aromatic carbocycles. The third-order valence-electron chi connectivity index (χ3n) is 8.09. The van der Waals surface area contributed by atoms with Crippen LogP contribution in [0.1, 0.15) is 56.1 Å². The number of carbonyl (C=O) groups excluding carboxylic acids is 1. The average molecular weight is 482 g/mol. The fourth-order valence-electron chi connectivity index (χ4n) is 6.67. The number of quaternary nitrogens is 1. The molecule has 7 nitrogen and oxygen atoms in total. The first-order valence-corrected chi connectivity index (χ1v) is 12.3. The lowest BCUT2D eigenvalue weighted by atomic mass is 9.78. The second kappa shape index (κ2) is 8.75. The van der Waals surface area contributed by atoms with Gasteiger partial charge in [-0.3, -0.25) is 14.5 Å². The van der Waals surface area contributed by atoms with Crippen LogP contribution in [0.25, 0.3) is 0 Å². The summed E-state index contributed by atoms with van der Waals surface area (Å²) in [5.41, 5.74) is 1.24. The monoisotopic (exact) mass is 481 g/mol. The number of hydrogen-bond acceptors (Lipinski definition) is 3. The van der Waals surface area contributed by atoms with E-state index in [4.69, 9.17) is 0 Å². The Kier molecular flexibility index (Phi) is 5.87. The lowest BCUT2D eigenvalue weighted by Crippen LogP contribution is -2.79. The number of para-hydroxylation sites is 1. The van der Waals surface area contributed by atoms with E-state index in [0.717, 1.165) is 31.2 Å². The predicted molar refractivity (Wildman–Crippen MR) is 127 cm³/mol. The Balaban J connectivity index is 1.74. The number of aliphatic carboxylic acids is 1. The molecule has 2 amide bonds. The molecule has 2 N–H and O–H groups in total. The fourth-order valence-corrected chi connectivity index (χ4v) is 6.67. The van der Waals surface area contributed by atoms with Crippen molar-refractivity contribution in [3.05, 3.63) is 65.5 Å². The molecule has 3 aliphatic rings. The summed E-state index contributed by atoms with van der Waals surface area (Å²) in [6.07, 6.45) is 2.84. The maximum Gasteiger partial charge on any atom is 0.521 e. The average Bonchev–Trinajstić information content (AvgIpc) is 3.57. The van der Waals surface area contributed by atoms with Crippen LogP contribution < -0.4 is 4.48 Å². The van der Waals surface area contributed by atoms with Crippen LogP contribution in [-0.4, -0.2) is 44.8 Å². The number of hydrogen-bond donors (Lipinski definition) is 2. The predicted octanol–water partition coefficient (Wildman–Crippen LogP) is 4.92. The third kappa shape index (κ3) is 3.71. The highest BCUT2D eigenvalue weighted by Crippen LogP contribution is 2.58. The fraction of sp³-hybridized carbons (Fsp3) is 0.444. The van der Waals surface area contributed by atoms with Crippen molar-refractivity contribution in [2.24, 2.45) is 5.92 Å². The Labute approximate surface area is 203 Å². The van der Waals surface area contributed by atoms with Gasteiger partial charge in [0.15, 0.2) is 5.66 Å². The number of carboxylic acids is 1. The molecule has 2 saturated carbocycles. The minimum atomic E-state index is -1.05. The molecule has 184 valence electrons. The van der Waals surface area contributed by atoms with E-state index in [1.54, 1.807) is 17.0 Å². The Bertz CT molecular complexity index is 1160. The lowest BCUT2D eigenvalue weighted by molar-refractivity contribution is -0.155. The van der Waals surface area contributed by atoms with E-state index in [1.165, 1.54) is 12.1 Å². The normalized spacial score (nSPS) is 27.1. The van der Waals surface area contributed by atoms with Crippen LogP contribution in [-0.2, 0) is 22.6 Å². The van der Waals surface area contributed by atoms with E-state index in [2.05, 4.69) is 0 Å². The molecule has 35 heavy (non-hydrogen) atoms. The first-order valence-electron chi connectivity index (χ1n) is 12.3. The van der Waals surface area contributed by atoms with Crippen molar-refractivity contribution in [1.82, 2.24) is 9.38 Å². The first-order chi connectivity index (χ1) is 16.8. The van der Waals surface area contributed by atoms with E-state index in [-0.39, 0.29) is 37.3 Å². The SMILES string of the molecule is O=C(O)CCC(=O)N(C1CC1)[C@@]12CCC[C@@H]1Cc1ccccc1[N@+]2(Cc1ccc(F)cc1)C(=O)O. The molecule has 0 spiro atoms. The van der Waals surface area contributed by atoms with Crippen molar-refractivity contribution in [2.75, 3.05) is 0 Å². The standard InChI is InChI=1S/C27H29FN2O5/c28-21-9-7-18(8-10-21)17-30(26(34)35)23-6-2-1-4-19(23)16-20-5-3-15-27(20,30)29(22-11-12-22)24(31)13-14-25(32)33/h1-2,4,6-10,20,22H,3,5,11-17H2,(H-,32,33,34,35)/p+1/t20-,27-,30-/m1/s1. The molecule has 2 fully saturated rings. The molecule has 0 aromatic heterocycles. The van der Waals surface area contributed by atoms with E-state index in [9.17, 15) is 29.0 Å². The molecule has 1 aliphatic heterocycles. The number of amides is 2. The molecule has 1 heterocycles. The second-order valence-corrected chi connectivity index (χ2v) is 10.1. The highest BCUT2D eigenvalue weighted by Gasteiger charge is 2.71. The molecule has 3 atom stereocenters. The van der Waals surface area contributed by atoms with E-state index < -0.39 is 28.0 Å². The lowest BCUT2D eigenvalue weighted by Gasteiger charge is -2.57. The van der Waals surface area contributed by atoms with Gasteiger partial charge in [-0.25, -0.2) is 4.39 Å². The third-order valence-corrected chi connectivity index (χ3v) is 8.09. The Morgan fingerprint density at radius 3 is 2.37 bits per heavy atom. The summed E-state index contributed by atoms with van der Waals surface area (Å²) in [4.78, 5) is 40.3. The van der Waals surface area contributed by atoms with Crippen molar-refractivity contribution in [3.63, 3.8) is 0 Å². The number of carbonyl (C=O) groups is 3. The number of benzene rings is 2. The molecule has 0 unspecified atom stereocenters. The maximum atomic E-state index is 13.7. The van der Waals surface area contributed by atoms with Gasteiger partial charge in [0.2, 0.25) is 5.91 Å². The van der Waals surface area contributed by atoms with Crippen LogP contribution in [0.5, 0.6) is 0 Å². The van der Waals surface area contributed by atoms with Gasteiger partial charge in [-0.15, -0.1) is 0 Å². The second-order valence-electron chi connectivity index (χ2n) is 10.1. The van der Waals surface area contributed by atoms with Gasteiger partial charge in [0.05, 0.1) is 6.42 Å². The van der Waals surface area contributed by atoms with Crippen LogP contribution in [0.3, 0.4) is 0 Å². The quantitative estimate of drug-likeness (QED) is 0.548. The van der Waals surface area contributed by atoms with Crippen molar-refractivity contribution in [2.45, 2.75) is 69.6 Å². The van der Waals surface area contributed by atoms with Gasteiger partial charge in [0, 0.05) is 42.0 Å². The van der Waals surface area contributed by atoms with Crippen LogP contribution in [0.4, 0.5) is 14.9 Å². The molecule has 2 aromatic rings. The summed E-state index contributed by atoms with van der Waals surface area (Å²) in [5, 5.41) is 20.3. The van der Waals surface area contributed by atoms with Gasteiger partial charge < -0.3 is 10.2 Å². The highest BCUT2D eigenvalue weighted by atomic mass is 19.1. The summed E-state index contributed by atoms with van der Waals surface area (Å²) < 4.78 is 13.3. The number of fused-ring (bicyclic) bond motifs is 2. The number of nitrogens with zero attached hydrogens (tertiary/aromatic N) is 2. The smallest absolute Gasteiger partial charge is 0.481 e. The molecular weight excluding hydrogens is 451 g/mol. The van der Waals surface area contributed by atoms with Crippen molar-refractivity contribution >= 4 is 23.7 Å². The molecule has 0 bridgehead atoms. The molecular formula is C27H30FN2O5+. The Hall–Kier alpha value is -3.26. The maximum absolute atomic E-state index is 13.7. The highest BCUT2D eigenvalue weighted by molar-refractivity contribution is 5.88. The number of rotatable bonds is 7. The van der Waals surface area contributed by atoms with Crippen molar-refractivity contribution < 1.29 is 29.0 Å². The van der Waals surface area contributed by atoms with Crippen molar-refractivity contribution in [3.8, 4) is 0 Å². The van der Waals surface area contributed by atoms with E-state index in [1.807, 2.05) is 24.3 Å². The summed E-state index contributed by atoms with van der Waals surface area (Å²) in [5.74, 6) is -1.81. The Morgan fingerprint density at radius 2 is 1.71 bits per heavy atom. The van der Waals surface area contributed by atoms with Crippen LogP contribution >= 0.6 is 0 Å². The number of carboxylic acid groups (broad SMARTS) is 2. The van der Waals surface area contributed by atoms with E-state index >= 15 is 0 Å². The van der Waals surface area contributed by atoms with Gasteiger partial charge in [0.1, 0.15) is 18.0 Å². The van der Waals surface area contributed by atoms with Crippen molar-refractivity contribution in [1.29, 1.82) is 0 Å². The van der Waals surface area contributed by atoms with Gasteiger partial charge in [0.25, 0.3) is 0 Å². The molecule has 2 aliphatic carbocycles. The van der Waals surface area contributed by atoms with E-state index in [0.29, 0.717) is 24.1 Å². The summed E-state index contributed by atoms with van der Waals surface area (Å²) >= 11 is 0. The summed E-state index contributed by atoms with van der Waals surface area (Å²) in [7, 11) is 0. The molecule has 0 radical (unpaired) electrons. The molecule has 5 rings (SSSR count). The summed E-state index contributed by atoms with van der Waals surface area (Å²) in [6, 6.07) is 13.3. The first kappa shape index (κ1) is 23.5. The van der Waals surface area contributed by atoms with Gasteiger partial charge in [-0.2, -0.15) is 9.28 Å². The molecule has 0 saturated heterocycles. The van der Waals surface area contributed by atoms with Crippen LogP contribution in [0, 0.1) is 11.7 Å². The number of halogens is 1. The molecule has 8 heteroatoms.